The number of esters is 2. The third kappa shape index (κ3) is 14.6. The average molecular weight is 385 g/mol. The summed E-state index contributed by atoms with van der Waals surface area (Å²) in [6, 6.07) is 20.3. The minimum absolute atomic E-state index is 0.693. The molecule has 0 N–H and O–H groups in total. The van der Waals surface area contributed by atoms with Crippen molar-refractivity contribution < 1.29 is 14.3 Å². The summed E-state index contributed by atoms with van der Waals surface area (Å²) >= 11 is 0. The Labute approximate surface area is 172 Å². The summed E-state index contributed by atoms with van der Waals surface area (Å²) < 4.78 is 4.64. The fourth-order valence-corrected chi connectivity index (χ4v) is 1.62. The van der Waals surface area contributed by atoms with Crippen LogP contribution in [0.3, 0.4) is 0 Å². The largest absolute Gasteiger partial charge is 0.387 e. The first kappa shape index (κ1) is 24.8. The first-order valence-electron chi connectivity index (χ1n) is 8.53. The number of carbonyl (C=O) groups excluding carboxylic acids is 2. The molecule has 0 amide bonds. The van der Waals surface area contributed by atoms with Crippen LogP contribution in [-0.4, -0.2) is 11.9 Å². The molecule has 0 heterocycles. The van der Waals surface area contributed by atoms with Crippen LogP contribution < -0.4 is 0 Å². The first-order chi connectivity index (χ1) is 14.1. The Morgan fingerprint density at radius 1 is 0.759 bits per heavy atom. The predicted octanol–water partition coefficient (Wildman–Crippen LogP) is 5.54. The summed E-state index contributed by atoms with van der Waals surface area (Å²) in [5, 5.41) is 7.51. The van der Waals surface area contributed by atoms with E-state index in [1.54, 1.807) is 30.4 Å². The third-order valence-corrected chi connectivity index (χ3v) is 2.88. The van der Waals surface area contributed by atoms with Gasteiger partial charge in [0, 0.05) is 18.2 Å². The number of carbonyl (C=O) groups is 2. The third-order valence-electron chi connectivity index (χ3n) is 2.88. The van der Waals surface area contributed by atoms with Crippen molar-refractivity contribution in [2.75, 3.05) is 0 Å². The van der Waals surface area contributed by atoms with E-state index in [1.165, 1.54) is 18.2 Å². The van der Waals surface area contributed by atoms with Crippen molar-refractivity contribution in [3.63, 3.8) is 0 Å². The molecule has 0 bridgehead atoms. The molecular formula is C25H23NO3. The maximum absolute atomic E-state index is 11.5. The first-order valence-corrected chi connectivity index (χ1v) is 8.53. The lowest BCUT2D eigenvalue weighted by atomic mass is 10.2. The quantitative estimate of drug-likeness (QED) is 0.223. The fourth-order valence-electron chi connectivity index (χ4n) is 1.62. The van der Waals surface area contributed by atoms with E-state index in [0.29, 0.717) is 0 Å². The molecule has 0 unspecified atom stereocenters. The van der Waals surface area contributed by atoms with Gasteiger partial charge in [-0.1, -0.05) is 92.6 Å². The number of rotatable bonds is 5. The Morgan fingerprint density at radius 2 is 1.10 bits per heavy atom. The Balaban J connectivity index is 0.000000837. The second kappa shape index (κ2) is 17.2. The van der Waals surface area contributed by atoms with Gasteiger partial charge in [0.25, 0.3) is 0 Å². The highest BCUT2D eigenvalue weighted by molar-refractivity contribution is 5.99. The number of allylic oxidation sites excluding steroid dienone is 3. The van der Waals surface area contributed by atoms with Crippen molar-refractivity contribution in [3.05, 3.63) is 122 Å². The zero-order valence-corrected chi connectivity index (χ0v) is 16.1. The molecule has 29 heavy (non-hydrogen) atoms. The number of ether oxygens (including phenoxy) is 1. The van der Waals surface area contributed by atoms with Gasteiger partial charge in [0.15, 0.2) is 0 Å². The standard InChI is InChI=1S/C18H14O3.C4H6.C3H3N/c19-17(13-11-15-7-3-1-4-8-15)21-18(20)14-12-16-9-5-2-6-10-16;1-3-4-2;1-2-3-4/h1-14H;3-4H,1-2H2;2H,1H2. The lowest BCUT2D eigenvalue weighted by molar-refractivity contribution is -0.152. The second-order valence-corrected chi connectivity index (χ2v) is 5.03. The highest BCUT2D eigenvalue weighted by Crippen LogP contribution is 2.03. The van der Waals surface area contributed by atoms with Gasteiger partial charge in [-0.3, -0.25) is 0 Å². The maximum Gasteiger partial charge on any atom is 0.338 e. The maximum atomic E-state index is 11.5. The predicted molar refractivity (Wildman–Crippen MR) is 118 cm³/mol. The molecule has 2 aromatic carbocycles. The van der Waals surface area contributed by atoms with Gasteiger partial charge in [-0.15, -0.1) is 0 Å². The van der Waals surface area contributed by atoms with Crippen molar-refractivity contribution in [2.45, 2.75) is 0 Å². The second-order valence-electron chi connectivity index (χ2n) is 5.03. The molecule has 0 aliphatic rings. The highest BCUT2D eigenvalue weighted by Gasteiger charge is 2.03. The highest BCUT2D eigenvalue weighted by atomic mass is 16.6. The Kier molecular flexibility index (Phi) is 14.7. The molecule has 0 atom stereocenters. The van der Waals surface area contributed by atoms with Gasteiger partial charge in [-0.05, 0) is 23.3 Å². The summed E-state index contributed by atoms with van der Waals surface area (Å²) in [6.45, 7) is 9.84. The topological polar surface area (TPSA) is 67.2 Å². The van der Waals surface area contributed by atoms with Crippen LogP contribution in [0, 0.1) is 11.3 Å². The summed E-state index contributed by atoms with van der Waals surface area (Å²) in [7, 11) is 0. The van der Waals surface area contributed by atoms with E-state index in [0.717, 1.165) is 11.1 Å². The van der Waals surface area contributed by atoms with Crippen LogP contribution in [0.5, 0.6) is 0 Å². The van der Waals surface area contributed by atoms with Crippen molar-refractivity contribution in [2.24, 2.45) is 0 Å². The smallest absolute Gasteiger partial charge is 0.338 e. The van der Waals surface area contributed by atoms with Gasteiger partial charge in [-0.2, -0.15) is 5.26 Å². The van der Waals surface area contributed by atoms with Crippen LogP contribution in [0.25, 0.3) is 12.2 Å². The molecule has 0 radical (unpaired) electrons. The molecule has 0 saturated carbocycles. The van der Waals surface area contributed by atoms with E-state index in [9.17, 15) is 9.59 Å². The monoisotopic (exact) mass is 385 g/mol. The molecular weight excluding hydrogens is 362 g/mol. The molecule has 2 aromatic rings. The van der Waals surface area contributed by atoms with E-state index < -0.39 is 11.9 Å². The van der Waals surface area contributed by atoms with Crippen molar-refractivity contribution in [3.8, 4) is 6.07 Å². The minimum atomic E-state index is -0.693. The SMILES string of the molecule is C=CC#N.C=CC=C.O=C(C=Cc1ccccc1)OC(=O)C=Cc1ccccc1. The molecule has 4 nitrogen and oxygen atoms in total. The van der Waals surface area contributed by atoms with Gasteiger partial charge in [0.2, 0.25) is 0 Å². The van der Waals surface area contributed by atoms with Crippen LogP contribution in [0.2, 0.25) is 0 Å². The lowest BCUT2D eigenvalue weighted by Crippen LogP contribution is -2.06. The Hall–Kier alpha value is -4.23. The van der Waals surface area contributed by atoms with Gasteiger partial charge < -0.3 is 4.74 Å². The molecule has 0 aromatic heterocycles. The zero-order valence-electron chi connectivity index (χ0n) is 16.1. The van der Waals surface area contributed by atoms with Crippen LogP contribution in [-0.2, 0) is 14.3 Å². The number of nitriles is 1. The molecule has 0 aliphatic carbocycles. The van der Waals surface area contributed by atoms with E-state index in [2.05, 4.69) is 24.5 Å². The lowest BCUT2D eigenvalue weighted by Gasteiger charge is -1.95. The summed E-state index contributed by atoms with van der Waals surface area (Å²) in [4.78, 5) is 22.9. The normalized spacial score (nSPS) is 9.07. The molecule has 0 aliphatic heterocycles. The zero-order chi connectivity index (χ0) is 21.7. The van der Waals surface area contributed by atoms with Crippen LogP contribution in [0.4, 0.5) is 0 Å². The van der Waals surface area contributed by atoms with Crippen LogP contribution >= 0.6 is 0 Å². The van der Waals surface area contributed by atoms with Crippen molar-refractivity contribution in [1.82, 2.24) is 0 Å². The Morgan fingerprint density at radius 3 is 1.38 bits per heavy atom. The summed E-state index contributed by atoms with van der Waals surface area (Å²) in [5.74, 6) is -1.39. The number of nitrogens with zero attached hydrogens (tertiary/aromatic N) is 1. The van der Waals surface area contributed by atoms with Crippen LogP contribution in [0.1, 0.15) is 11.1 Å². The molecule has 0 spiro atoms. The number of hydrogen-bond acceptors (Lipinski definition) is 4. The van der Waals surface area contributed by atoms with E-state index in [4.69, 9.17) is 5.26 Å². The molecule has 4 heteroatoms. The molecule has 0 saturated heterocycles. The number of benzene rings is 2. The van der Waals surface area contributed by atoms with Gasteiger partial charge in [0.1, 0.15) is 0 Å². The average Bonchev–Trinajstić information content (AvgIpc) is 2.78. The molecule has 0 fully saturated rings. The van der Waals surface area contributed by atoms with Crippen LogP contribution in [0.15, 0.2) is 111 Å². The molecule has 2 rings (SSSR count). The van der Waals surface area contributed by atoms with Crippen molar-refractivity contribution >= 4 is 24.1 Å². The minimum Gasteiger partial charge on any atom is -0.387 e. The Bertz CT molecular complexity index is 808. The van der Waals surface area contributed by atoms with E-state index in [1.807, 2.05) is 60.7 Å². The van der Waals surface area contributed by atoms with Gasteiger partial charge in [0.05, 0.1) is 6.07 Å². The summed E-state index contributed by atoms with van der Waals surface area (Å²) in [5.41, 5.74) is 1.73. The van der Waals surface area contributed by atoms with Gasteiger partial charge in [-0.25, -0.2) is 9.59 Å². The van der Waals surface area contributed by atoms with E-state index >= 15 is 0 Å². The summed E-state index contributed by atoms with van der Waals surface area (Å²) in [6.07, 6.45) is 10.1. The number of hydrogen-bond donors (Lipinski definition) is 0. The van der Waals surface area contributed by atoms with Gasteiger partial charge >= 0.3 is 11.9 Å². The van der Waals surface area contributed by atoms with E-state index in [-0.39, 0.29) is 0 Å². The fraction of sp³-hybridized carbons (Fsp3) is 0. The molecule has 146 valence electrons. The van der Waals surface area contributed by atoms with Crippen molar-refractivity contribution in [1.29, 1.82) is 5.26 Å².